The SMILES string of the molecule is CNc1cc(C(=O)N2CCN(c3ccc(F)cc3)CC2)ccn1. The van der Waals surface area contributed by atoms with Crippen molar-refractivity contribution < 1.29 is 9.18 Å². The lowest BCUT2D eigenvalue weighted by Gasteiger charge is -2.36. The molecular formula is C17H19FN4O. The van der Waals surface area contributed by atoms with Crippen LogP contribution < -0.4 is 10.2 Å². The highest BCUT2D eigenvalue weighted by Crippen LogP contribution is 2.18. The van der Waals surface area contributed by atoms with Gasteiger partial charge < -0.3 is 15.1 Å². The Morgan fingerprint density at radius 3 is 2.48 bits per heavy atom. The third kappa shape index (κ3) is 3.41. The molecule has 1 aromatic carbocycles. The largest absolute Gasteiger partial charge is 0.373 e. The van der Waals surface area contributed by atoms with Gasteiger partial charge in [0.1, 0.15) is 11.6 Å². The average molecular weight is 314 g/mol. The molecule has 1 saturated heterocycles. The molecular weight excluding hydrogens is 295 g/mol. The molecule has 0 unspecified atom stereocenters. The molecule has 0 saturated carbocycles. The van der Waals surface area contributed by atoms with E-state index in [1.54, 1.807) is 37.5 Å². The predicted octanol–water partition coefficient (Wildman–Crippen LogP) is 2.22. The molecule has 0 atom stereocenters. The minimum atomic E-state index is -0.236. The van der Waals surface area contributed by atoms with Crippen LogP contribution in [-0.4, -0.2) is 49.0 Å². The van der Waals surface area contributed by atoms with Gasteiger partial charge in [-0.15, -0.1) is 0 Å². The van der Waals surface area contributed by atoms with Crippen LogP contribution in [0.4, 0.5) is 15.9 Å². The number of aromatic nitrogens is 1. The van der Waals surface area contributed by atoms with Crippen LogP contribution in [0.5, 0.6) is 0 Å². The maximum Gasteiger partial charge on any atom is 0.254 e. The molecule has 1 amide bonds. The minimum absolute atomic E-state index is 0.0163. The standard InChI is InChI=1S/C17H19FN4O/c1-19-16-12-13(6-7-20-16)17(23)22-10-8-21(9-11-22)15-4-2-14(18)3-5-15/h2-7,12H,8-11H2,1H3,(H,19,20). The Bertz CT molecular complexity index is 681. The number of halogens is 1. The Hall–Kier alpha value is -2.63. The van der Waals surface area contributed by atoms with E-state index in [0.29, 0.717) is 24.5 Å². The van der Waals surface area contributed by atoms with Crippen molar-refractivity contribution in [3.05, 3.63) is 54.0 Å². The second-order valence-corrected chi connectivity index (χ2v) is 5.44. The van der Waals surface area contributed by atoms with Gasteiger partial charge in [-0.2, -0.15) is 0 Å². The highest BCUT2D eigenvalue weighted by atomic mass is 19.1. The van der Waals surface area contributed by atoms with Crippen LogP contribution in [0, 0.1) is 5.82 Å². The predicted molar refractivity (Wildman–Crippen MR) is 88.3 cm³/mol. The maximum absolute atomic E-state index is 13.0. The molecule has 0 spiro atoms. The fourth-order valence-electron chi connectivity index (χ4n) is 2.70. The van der Waals surface area contributed by atoms with Crippen molar-refractivity contribution in [2.24, 2.45) is 0 Å². The first-order valence-corrected chi connectivity index (χ1v) is 7.61. The van der Waals surface area contributed by atoms with Gasteiger partial charge in [-0.3, -0.25) is 4.79 Å². The first-order chi connectivity index (χ1) is 11.2. The molecule has 0 bridgehead atoms. The quantitative estimate of drug-likeness (QED) is 0.944. The number of hydrogen-bond acceptors (Lipinski definition) is 4. The van der Waals surface area contributed by atoms with Crippen molar-refractivity contribution in [2.45, 2.75) is 0 Å². The Kier molecular flexibility index (Phi) is 4.41. The zero-order valence-corrected chi connectivity index (χ0v) is 13.0. The lowest BCUT2D eigenvalue weighted by Crippen LogP contribution is -2.48. The number of amides is 1. The fraction of sp³-hybridized carbons (Fsp3) is 0.294. The first-order valence-electron chi connectivity index (χ1n) is 7.61. The molecule has 120 valence electrons. The molecule has 1 aromatic heterocycles. The molecule has 1 aliphatic rings. The van der Waals surface area contributed by atoms with E-state index in [4.69, 9.17) is 0 Å². The van der Waals surface area contributed by atoms with Gasteiger partial charge in [0.25, 0.3) is 5.91 Å². The summed E-state index contributed by atoms with van der Waals surface area (Å²) in [5.74, 6) is 0.462. The zero-order valence-electron chi connectivity index (χ0n) is 13.0. The van der Waals surface area contributed by atoms with E-state index in [1.807, 2.05) is 4.90 Å². The normalized spacial score (nSPS) is 14.7. The van der Waals surface area contributed by atoms with Gasteiger partial charge in [-0.1, -0.05) is 0 Å². The van der Waals surface area contributed by atoms with Crippen LogP contribution in [0.2, 0.25) is 0 Å². The lowest BCUT2D eigenvalue weighted by atomic mass is 10.2. The highest BCUT2D eigenvalue weighted by molar-refractivity contribution is 5.95. The van der Waals surface area contributed by atoms with Crippen molar-refractivity contribution in [1.82, 2.24) is 9.88 Å². The average Bonchev–Trinajstić information content (AvgIpc) is 2.62. The van der Waals surface area contributed by atoms with E-state index in [-0.39, 0.29) is 11.7 Å². The molecule has 3 rings (SSSR count). The molecule has 6 heteroatoms. The second kappa shape index (κ2) is 6.64. The third-order valence-electron chi connectivity index (χ3n) is 4.02. The van der Waals surface area contributed by atoms with E-state index >= 15 is 0 Å². The van der Waals surface area contributed by atoms with Gasteiger partial charge in [0.2, 0.25) is 0 Å². The molecule has 0 aliphatic carbocycles. The summed E-state index contributed by atoms with van der Waals surface area (Å²) in [6, 6.07) is 9.96. The summed E-state index contributed by atoms with van der Waals surface area (Å²) in [5, 5.41) is 2.94. The maximum atomic E-state index is 13.0. The van der Waals surface area contributed by atoms with E-state index < -0.39 is 0 Å². The summed E-state index contributed by atoms with van der Waals surface area (Å²) in [6.07, 6.45) is 1.63. The van der Waals surface area contributed by atoms with Gasteiger partial charge in [0.05, 0.1) is 0 Å². The molecule has 1 aliphatic heterocycles. The molecule has 5 nitrogen and oxygen atoms in total. The number of piperazine rings is 1. The summed E-state index contributed by atoms with van der Waals surface area (Å²) < 4.78 is 13.0. The molecule has 2 aromatic rings. The van der Waals surface area contributed by atoms with Crippen molar-refractivity contribution >= 4 is 17.4 Å². The van der Waals surface area contributed by atoms with Crippen LogP contribution in [0.1, 0.15) is 10.4 Å². The smallest absolute Gasteiger partial charge is 0.254 e. The van der Waals surface area contributed by atoms with Crippen LogP contribution >= 0.6 is 0 Å². The summed E-state index contributed by atoms with van der Waals surface area (Å²) in [7, 11) is 1.78. The van der Waals surface area contributed by atoms with Crippen LogP contribution in [0.3, 0.4) is 0 Å². The number of hydrogen-bond donors (Lipinski definition) is 1. The number of carbonyl (C=O) groups is 1. The van der Waals surface area contributed by atoms with Gasteiger partial charge >= 0.3 is 0 Å². The molecule has 2 heterocycles. The monoisotopic (exact) mass is 314 g/mol. The number of benzene rings is 1. The van der Waals surface area contributed by atoms with Gasteiger partial charge in [-0.05, 0) is 36.4 Å². The number of rotatable bonds is 3. The highest BCUT2D eigenvalue weighted by Gasteiger charge is 2.22. The summed E-state index contributed by atoms with van der Waals surface area (Å²) in [6.45, 7) is 2.77. The fourth-order valence-corrected chi connectivity index (χ4v) is 2.70. The van der Waals surface area contributed by atoms with Crippen LogP contribution in [0.15, 0.2) is 42.6 Å². The number of carbonyl (C=O) groups excluding carboxylic acids is 1. The Labute approximate surface area is 134 Å². The van der Waals surface area contributed by atoms with Crippen LogP contribution in [0.25, 0.3) is 0 Å². The zero-order chi connectivity index (χ0) is 16.2. The minimum Gasteiger partial charge on any atom is -0.373 e. The van der Waals surface area contributed by atoms with E-state index in [2.05, 4.69) is 15.2 Å². The summed E-state index contributed by atoms with van der Waals surface area (Å²) in [5.41, 5.74) is 1.62. The van der Waals surface area contributed by atoms with Gasteiger partial charge in [-0.25, -0.2) is 9.37 Å². The van der Waals surface area contributed by atoms with Crippen molar-refractivity contribution in [2.75, 3.05) is 43.4 Å². The van der Waals surface area contributed by atoms with E-state index in [0.717, 1.165) is 18.8 Å². The van der Waals surface area contributed by atoms with E-state index in [1.165, 1.54) is 12.1 Å². The second-order valence-electron chi connectivity index (χ2n) is 5.44. The third-order valence-corrected chi connectivity index (χ3v) is 4.02. The summed E-state index contributed by atoms with van der Waals surface area (Å²) in [4.78, 5) is 20.7. The molecule has 1 N–H and O–H groups in total. The topological polar surface area (TPSA) is 48.5 Å². The molecule has 1 fully saturated rings. The van der Waals surface area contributed by atoms with Crippen molar-refractivity contribution in [1.29, 1.82) is 0 Å². The Morgan fingerprint density at radius 1 is 1.13 bits per heavy atom. The van der Waals surface area contributed by atoms with Crippen molar-refractivity contribution in [3.63, 3.8) is 0 Å². The first kappa shape index (κ1) is 15.3. The van der Waals surface area contributed by atoms with Gasteiger partial charge in [0, 0.05) is 50.7 Å². The summed E-state index contributed by atoms with van der Waals surface area (Å²) >= 11 is 0. The van der Waals surface area contributed by atoms with E-state index in [9.17, 15) is 9.18 Å². The van der Waals surface area contributed by atoms with Crippen molar-refractivity contribution in [3.8, 4) is 0 Å². The molecule has 0 radical (unpaired) electrons. The Balaban J connectivity index is 1.64. The molecule has 23 heavy (non-hydrogen) atoms. The number of anilines is 2. The number of nitrogens with zero attached hydrogens (tertiary/aromatic N) is 3. The lowest BCUT2D eigenvalue weighted by molar-refractivity contribution is 0.0746. The number of pyridine rings is 1. The van der Waals surface area contributed by atoms with Gasteiger partial charge in [0.15, 0.2) is 0 Å². The Morgan fingerprint density at radius 2 is 1.83 bits per heavy atom. The van der Waals surface area contributed by atoms with Crippen LogP contribution in [-0.2, 0) is 0 Å². The number of nitrogens with one attached hydrogen (secondary N) is 1.